The van der Waals surface area contributed by atoms with Crippen molar-refractivity contribution in [3.63, 3.8) is 0 Å². The second kappa shape index (κ2) is 5.90. The van der Waals surface area contributed by atoms with E-state index in [0.717, 1.165) is 30.2 Å². The lowest BCUT2D eigenvalue weighted by atomic mass is 9.74. The Kier molecular flexibility index (Phi) is 4.44. The molecule has 19 heavy (non-hydrogen) atoms. The van der Waals surface area contributed by atoms with Crippen molar-refractivity contribution in [1.29, 1.82) is 0 Å². The van der Waals surface area contributed by atoms with E-state index in [9.17, 15) is 4.79 Å². The van der Waals surface area contributed by atoms with Crippen LogP contribution in [0.4, 0.5) is 0 Å². The zero-order valence-corrected chi connectivity index (χ0v) is 12.7. The minimum atomic E-state index is 0.260. The van der Waals surface area contributed by atoms with Crippen LogP contribution in [0.25, 0.3) is 0 Å². The summed E-state index contributed by atoms with van der Waals surface area (Å²) >= 11 is 0. The van der Waals surface area contributed by atoms with Gasteiger partial charge in [0.2, 0.25) is 0 Å². The molecule has 0 spiro atoms. The molecule has 1 heteroatoms. The maximum atomic E-state index is 12.6. The molecule has 0 unspecified atom stereocenters. The molecule has 1 nitrogen and oxygen atoms in total. The highest BCUT2D eigenvalue weighted by molar-refractivity contribution is 5.98. The van der Waals surface area contributed by atoms with Crippen LogP contribution >= 0.6 is 0 Å². The second-order valence-corrected chi connectivity index (χ2v) is 6.60. The number of aryl methyl sites for hydroxylation is 2. The van der Waals surface area contributed by atoms with Gasteiger partial charge in [0.05, 0.1) is 0 Å². The van der Waals surface area contributed by atoms with Gasteiger partial charge in [-0.05, 0) is 63.5 Å². The number of ketones is 1. The Balaban J connectivity index is 2.05. The first-order chi connectivity index (χ1) is 8.97. The van der Waals surface area contributed by atoms with Crippen LogP contribution in [0.5, 0.6) is 0 Å². The molecule has 1 fully saturated rings. The number of rotatable bonds is 3. The van der Waals surface area contributed by atoms with Crippen LogP contribution < -0.4 is 0 Å². The van der Waals surface area contributed by atoms with Gasteiger partial charge in [0.1, 0.15) is 0 Å². The SMILES string of the molecule is Cc1cc(C)cc(C(=O)C2CCC(C(C)C)CC2)c1. The first-order valence-corrected chi connectivity index (χ1v) is 7.60. The Labute approximate surface area is 117 Å². The summed E-state index contributed by atoms with van der Waals surface area (Å²) in [7, 11) is 0. The third-order valence-corrected chi connectivity index (χ3v) is 4.59. The third-order valence-electron chi connectivity index (χ3n) is 4.59. The first-order valence-electron chi connectivity index (χ1n) is 7.60. The zero-order chi connectivity index (χ0) is 14.0. The highest BCUT2D eigenvalue weighted by atomic mass is 16.1. The summed E-state index contributed by atoms with van der Waals surface area (Å²) in [6.07, 6.45) is 4.60. The van der Waals surface area contributed by atoms with Gasteiger partial charge in [-0.2, -0.15) is 0 Å². The molecule has 0 radical (unpaired) electrons. The van der Waals surface area contributed by atoms with Crippen molar-refractivity contribution in [1.82, 2.24) is 0 Å². The summed E-state index contributed by atoms with van der Waals surface area (Å²) in [5.41, 5.74) is 3.31. The molecule has 1 saturated carbocycles. The van der Waals surface area contributed by atoms with E-state index in [0.29, 0.717) is 5.78 Å². The molecule has 0 amide bonds. The summed E-state index contributed by atoms with van der Waals surface area (Å²) in [5, 5.41) is 0. The van der Waals surface area contributed by atoms with Crippen molar-refractivity contribution >= 4 is 5.78 Å². The Morgan fingerprint density at radius 3 is 2.00 bits per heavy atom. The van der Waals surface area contributed by atoms with E-state index in [1.807, 2.05) is 12.1 Å². The molecule has 0 bridgehead atoms. The summed E-state index contributed by atoms with van der Waals surface area (Å²) in [5.74, 6) is 2.21. The van der Waals surface area contributed by atoms with Gasteiger partial charge < -0.3 is 0 Å². The van der Waals surface area contributed by atoms with Gasteiger partial charge in [-0.15, -0.1) is 0 Å². The van der Waals surface area contributed by atoms with Gasteiger partial charge in [0, 0.05) is 11.5 Å². The van der Waals surface area contributed by atoms with E-state index < -0.39 is 0 Å². The van der Waals surface area contributed by atoms with Gasteiger partial charge >= 0.3 is 0 Å². The fraction of sp³-hybridized carbons (Fsp3) is 0.611. The molecule has 0 aliphatic heterocycles. The van der Waals surface area contributed by atoms with Gasteiger partial charge in [-0.1, -0.05) is 31.0 Å². The van der Waals surface area contributed by atoms with Crippen LogP contribution in [0.3, 0.4) is 0 Å². The molecule has 1 aliphatic rings. The maximum Gasteiger partial charge on any atom is 0.165 e. The first kappa shape index (κ1) is 14.3. The normalized spacial score (nSPS) is 23.6. The fourth-order valence-electron chi connectivity index (χ4n) is 3.40. The van der Waals surface area contributed by atoms with Crippen molar-refractivity contribution in [2.45, 2.75) is 53.4 Å². The smallest absolute Gasteiger partial charge is 0.165 e. The Morgan fingerprint density at radius 2 is 1.53 bits per heavy atom. The van der Waals surface area contributed by atoms with Crippen LogP contribution in [-0.4, -0.2) is 5.78 Å². The number of hydrogen-bond donors (Lipinski definition) is 0. The molecule has 104 valence electrons. The van der Waals surface area contributed by atoms with Crippen molar-refractivity contribution in [2.75, 3.05) is 0 Å². The molecule has 1 aromatic rings. The van der Waals surface area contributed by atoms with Gasteiger partial charge in [-0.25, -0.2) is 0 Å². The highest BCUT2D eigenvalue weighted by Crippen LogP contribution is 2.34. The van der Waals surface area contributed by atoms with E-state index in [1.54, 1.807) is 0 Å². The van der Waals surface area contributed by atoms with E-state index in [2.05, 4.69) is 33.8 Å². The predicted octanol–water partition coefficient (Wildman–Crippen LogP) is 4.95. The van der Waals surface area contributed by atoms with Crippen molar-refractivity contribution in [3.8, 4) is 0 Å². The Bertz CT molecular complexity index is 431. The lowest BCUT2D eigenvalue weighted by Crippen LogP contribution is -2.24. The second-order valence-electron chi connectivity index (χ2n) is 6.60. The van der Waals surface area contributed by atoms with Gasteiger partial charge in [0.15, 0.2) is 5.78 Å². The van der Waals surface area contributed by atoms with E-state index >= 15 is 0 Å². The quantitative estimate of drug-likeness (QED) is 0.701. The average molecular weight is 258 g/mol. The Hall–Kier alpha value is -1.11. The lowest BCUT2D eigenvalue weighted by molar-refractivity contribution is 0.0859. The number of benzene rings is 1. The molecule has 1 aromatic carbocycles. The molecule has 2 rings (SSSR count). The molecule has 0 atom stereocenters. The zero-order valence-electron chi connectivity index (χ0n) is 12.7. The van der Waals surface area contributed by atoms with Crippen LogP contribution in [0.15, 0.2) is 18.2 Å². The summed E-state index contributed by atoms with van der Waals surface area (Å²) in [6.45, 7) is 8.74. The summed E-state index contributed by atoms with van der Waals surface area (Å²) in [4.78, 5) is 12.6. The minimum absolute atomic E-state index is 0.260. The number of hydrogen-bond acceptors (Lipinski definition) is 1. The predicted molar refractivity (Wildman–Crippen MR) is 80.5 cm³/mol. The van der Waals surface area contributed by atoms with Gasteiger partial charge in [-0.3, -0.25) is 4.79 Å². The van der Waals surface area contributed by atoms with Crippen LogP contribution in [0.2, 0.25) is 0 Å². The molecule has 0 N–H and O–H groups in total. The Morgan fingerprint density at radius 1 is 1.00 bits per heavy atom. The molecular weight excluding hydrogens is 232 g/mol. The van der Waals surface area contributed by atoms with Crippen molar-refractivity contribution < 1.29 is 4.79 Å². The topological polar surface area (TPSA) is 17.1 Å². The molecule has 0 saturated heterocycles. The van der Waals surface area contributed by atoms with Crippen LogP contribution in [0, 0.1) is 31.6 Å². The van der Waals surface area contributed by atoms with Crippen LogP contribution in [-0.2, 0) is 0 Å². The van der Waals surface area contributed by atoms with Crippen LogP contribution in [0.1, 0.15) is 61.0 Å². The lowest BCUT2D eigenvalue weighted by Gasteiger charge is -2.30. The average Bonchev–Trinajstić information content (AvgIpc) is 2.37. The summed E-state index contributed by atoms with van der Waals surface area (Å²) < 4.78 is 0. The minimum Gasteiger partial charge on any atom is -0.294 e. The number of carbonyl (C=O) groups is 1. The standard InChI is InChI=1S/C18H26O/c1-12(2)15-5-7-16(8-6-15)18(19)17-10-13(3)9-14(4)11-17/h9-12,15-16H,5-8H2,1-4H3. The fourth-order valence-corrected chi connectivity index (χ4v) is 3.40. The third kappa shape index (κ3) is 3.46. The molecule has 0 heterocycles. The highest BCUT2D eigenvalue weighted by Gasteiger charge is 2.28. The van der Waals surface area contributed by atoms with Crippen molar-refractivity contribution in [2.24, 2.45) is 17.8 Å². The van der Waals surface area contributed by atoms with E-state index in [-0.39, 0.29) is 5.92 Å². The number of Topliss-reactive ketones (excluding diaryl/α,β-unsaturated/α-hetero) is 1. The maximum absolute atomic E-state index is 12.6. The van der Waals surface area contributed by atoms with Gasteiger partial charge in [0.25, 0.3) is 0 Å². The number of carbonyl (C=O) groups excluding carboxylic acids is 1. The van der Waals surface area contributed by atoms with Crippen molar-refractivity contribution in [3.05, 3.63) is 34.9 Å². The largest absolute Gasteiger partial charge is 0.294 e. The molecule has 1 aliphatic carbocycles. The molecule has 0 aromatic heterocycles. The van der Waals surface area contributed by atoms with E-state index in [4.69, 9.17) is 0 Å². The summed E-state index contributed by atoms with van der Waals surface area (Å²) in [6, 6.07) is 6.22. The van der Waals surface area contributed by atoms with E-state index in [1.165, 1.54) is 24.0 Å². The monoisotopic (exact) mass is 258 g/mol. The molecular formula is C18H26O.